The van der Waals surface area contributed by atoms with Gasteiger partial charge in [0.05, 0.1) is 25.8 Å². The van der Waals surface area contributed by atoms with E-state index in [0.717, 1.165) is 35.9 Å². The van der Waals surface area contributed by atoms with Crippen LogP contribution in [0.25, 0.3) is 0 Å². The molecular formula is C17H23N5O3. The minimum absolute atomic E-state index is 0.166. The Morgan fingerprint density at radius 2 is 2.12 bits per heavy atom. The molecule has 0 saturated heterocycles. The first-order valence-corrected chi connectivity index (χ1v) is 8.48. The average Bonchev–Trinajstić information content (AvgIpc) is 2.95. The van der Waals surface area contributed by atoms with Gasteiger partial charge in [-0.15, -0.1) is 10.2 Å². The van der Waals surface area contributed by atoms with Gasteiger partial charge in [-0.3, -0.25) is 0 Å². The van der Waals surface area contributed by atoms with Gasteiger partial charge in [0.1, 0.15) is 6.33 Å². The molecule has 0 unspecified atom stereocenters. The SMILES string of the molecule is CCn1cnnc1CNC(=O)N[C@H](C)c1ccc2c(c1)OCCCO2. The van der Waals surface area contributed by atoms with Gasteiger partial charge in [0.15, 0.2) is 17.3 Å². The molecule has 1 aliphatic heterocycles. The van der Waals surface area contributed by atoms with Gasteiger partial charge in [-0.25, -0.2) is 4.79 Å². The number of aryl methyl sites for hydroxylation is 1. The Bertz CT molecular complexity index is 731. The van der Waals surface area contributed by atoms with Crippen LogP contribution in [0.1, 0.15) is 37.7 Å². The number of amides is 2. The Morgan fingerprint density at radius 3 is 2.92 bits per heavy atom. The van der Waals surface area contributed by atoms with Gasteiger partial charge in [-0.05, 0) is 31.5 Å². The third kappa shape index (κ3) is 4.20. The number of aromatic nitrogens is 3. The number of carbonyl (C=O) groups is 1. The van der Waals surface area contributed by atoms with Crippen molar-refractivity contribution < 1.29 is 14.3 Å². The predicted molar refractivity (Wildman–Crippen MR) is 91.5 cm³/mol. The number of nitrogens with one attached hydrogen (secondary N) is 2. The number of rotatable bonds is 5. The molecule has 0 spiro atoms. The molecule has 0 bridgehead atoms. The summed E-state index contributed by atoms with van der Waals surface area (Å²) < 4.78 is 13.2. The van der Waals surface area contributed by atoms with Crippen molar-refractivity contribution >= 4 is 6.03 Å². The van der Waals surface area contributed by atoms with E-state index in [0.29, 0.717) is 19.8 Å². The molecule has 0 radical (unpaired) electrons. The van der Waals surface area contributed by atoms with Crippen LogP contribution in [0, 0.1) is 0 Å². The maximum atomic E-state index is 12.1. The van der Waals surface area contributed by atoms with Crippen molar-refractivity contribution in [3.8, 4) is 11.5 Å². The number of nitrogens with zero attached hydrogens (tertiary/aromatic N) is 3. The molecule has 3 rings (SSSR count). The van der Waals surface area contributed by atoms with Crippen molar-refractivity contribution in [2.24, 2.45) is 0 Å². The highest BCUT2D eigenvalue weighted by atomic mass is 16.5. The molecule has 2 heterocycles. The summed E-state index contributed by atoms with van der Waals surface area (Å²) >= 11 is 0. The van der Waals surface area contributed by atoms with Crippen LogP contribution in [0.5, 0.6) is 11.5 Å². The normalized spacial score (nSPS) is 14.5. The first kappa shape index (κ1) is 17.1. The van der Waals surface area contributed by atoms with Crippen LogP contribution >= 0.6 is 0 Å². The van der Waals surface area contributed by atoms with E-state index < -0.39 is 0 Å². The van der Waals surface area contributed by atoms with Crippen LogP contribution in [0.15, 0.2) is 24.5 Å². The molecule has 2 N–H and O–H groups in total. The second kappa shape index (κ2) is 7.87. The fourth-order valence-corrected chi connectivity index (χ4v) is 2.62. The lowest BCUT2D eigenvalue weighted by molar-refractivity contribution is 0.237. The minimum Gasteiger partial charge on any atom is -0.490 e. The fraction of sp³-hybridized carbons (Fsp3) is 0.471. The highest BCUT2D eigenvalue weighted by Gasteiger charge is 2.15. The summed E-state index contributed by atoms with van der Waals surface area (Å²) in [5.74, 6) is 2.19. The van der Waals surface area contributed by atoms with Crippen molar-refractivity contribution in [2.75, 3.05) is 13.2 Å². The molecule has 1 aliphatic rings. The van der Waals surface area contributed by atoms with Crippen LogP contribution in [-0.4, -0.2) is 34.0 Å². The number of benzene rings is 1. The van der Waals surface area contributed by atoms with E-state index in [4.69, 9.17) is 9.47 Å². The monoisotopic (exact) mass is 345 g/mol. The minimum atomic E-state index is -0.259. The molecule has 25 heavy (non-hydrogen) atoms. The Labute approximate surface area is 146 Å². The van der Waals surface area contributed by atoms with Crippen molar-refractivity contribution in [3.63, 3.8) is 0 Å². The smallest absolute Gasteiger partial charge is 0.315 e. The molecule has 0 fully saturated rings. The summed E-state index contributed by atoms with van der Waals surface area (Å²) in [5, 5.41) is 13.6. The van der Waals surface area contributed by atoms with E-state index >= 15 is 0 Å². The molecule has 0 saturated carbocycles. The van der Waals surface area contributed by atoms with E-state index in [1.54, 1.807) is 6.33 Å². The van der Waals surface area contributed by atoms with Crippen molar-refractivity contribution in [2.45, 2.75) is 39.4 Å². The van der Waals surface area contributed by atoms with Crippen molar-refractivity contribution in [3.05, 3.63) is 35.9 Å². The van der Waals surface area contributed by atoms with E-state index in [2.05, 4.69) is 20.8 Å². The van der Waals surface area contributed by atoms with E-state index in [9.17, 15) is 4.79 Å². The molecule has 1 aromatic carbocycles. The summed E-state index contributed by atoms with van der Waals surface area (Å²) in [4.78, 5) is 12.1. The lowest BCUT2D eigenvalue weighted by Gasteiger charge is -2.17. The number of carbonyl (C=O) groups excluding carboxylic acids is 1. The molecule has 134 valence electrons. The summed E-state index contributed by atoms with van der Waals surface area (Å²) in [5.41, 5.74) is 0.955. The first-order valence-electron chi connectivity index (χ1n) is 8.48. The number of ether oxygens (including phenoxy) is 2. The van der Waals surface area contributed by atoms with E-state index in [1.165, 1.54) is 0 Å². The zero-order valence-corrected chi connectivity index (χ0v) is 14.5. The lowest BCUT2D eigenvalue weighted by atomic mass is 10.1. The molecule has 2 amide bonds. The summed E-state index contributed by atoms with van der Waals surface area (Å²) in [6.45, 7) is 6.31. The van der Waals surface area contributed by atoms with Gasteiger partial charge in [0.25, 0.3) is 0 Å². The van der Waals surface area contributed by atoms with Gasteiger partial charge < -0.3 is 24.7 Å². The molecule has 8 nitrogen and oxygen atoms in total. The number of urea groups is 1. The molecule has 2 aromatic rings. The fourth-order valence-electron chi connectivity index (χ4n) is 2.62. The molecule has 8 heteroatoms. The Morgan fingerprint density at radius 1 is 1.32 bits per heavy atom. The maximum absolute atomic E-state index is 12.1. The third-order valence-electron chi connectivity index (χ3n) is 4.06. The zero-order valence-electron chi connectivity index (χ0n) is 14.5. The highest BCUT2D eigenvalue weighted by Crippen LogP contribution is 2.32. The summed E-state index contributed by atoms with van der Waals surface area (Å²) in [7, 11) is 0. The van der Waals surface area contributed by atoms with Gasteiger partial charge in [-0.1, -0.05) is 6.07 Å². The number of fused-ring (bicyclic) bond motifs is 1. The van der Waals surface area contributed by atoms with Crippen molar-refractivity contribution in [1.82, 2.24) is 25.4 Å². The Balaban J connectivity index is 1.57. The van der Waals surface area contributed by atoms with Crippen LogP contribution < -0.4 is 20.1 Å². The van der Waals surface area contributed by atoms with Crippen LogP contribution in [0.4, 0.5) is 4.79 Å². The van der Waals surface area contributed by atoms with E-state index in [-0.39, 0.29) is 12.1 Å². The van der Waals surface area contributed by atoms with Gasteiger partial charge in [0, 0.05) is 13.0 Å². The molecular weight excluding hydrogens is 322 g/mol. The van der Waals surface area contributed by atoms with Gasteiger partial charge in [0.2, 0.25) is 0 Å². The first-order chi connectivity index (χ1) is 12.2. The number of hydrogen-bond acceptors (Lipinski definition) is 5. The van der Waals surface area contributed by atoms with E-state index in [1.807, 2.05) is 36.6 Å². The Kier molecular flexibility index (Phi) is 5.37. The molecule has 1 atom stereocenters. The summed E-state index contributed by atoms with van der Waals surface area (Å²) in [6.07, 6.45) is 2.51. The largest absolute Gasteiger partial charge is 0.490 e. The van der Waals surface area contributed by atoms with Crippen LogP contribution in [-0.2, 0) is 13.1 Å². The topological polar surface area (TPSA) is 90.3 Å². The maximum Gasteiger partial charge on any atom is 0.315 e. The number of hydrogen-bond donors (Lipinski definition) is 2. The van der Waals surface area contributed by atoms with Crippen molar-refractivity contribution in [1.29, 1.82) is 0 Å². The van der Waals surface area contributed by atoms with Crippen LogP contribution in [0.3, 0.4) is 0 Å². The van der Waals surface area contributed by atoms with Crippen LogP contribution in [0.2, 0.25) is 0 Å². The second-order valence-electron chi connectivity index (χ2n) is 5.84. The lowest BCUT2D eigenvalue weighted by Crippen LogP contribution is -2.37. The third-order valence-corrected chi connectivity index (χ3v) is 4.06. The summed E-state index contributed by atoms with van der Waals surface area (Å²) in [6, 6.07) is 5.31. The van der Waals surface area contributed by atoms with Gasteiger partial charge >= 0.3 is 6.03 Å². The zero-order chi connectivity index (χ0) is 17.6. The van der Waals surface area contributed by atoms with Gasteiger partial charge in [-0.2, -0.15) is 0 Å². The average molecular weight is 345 g/mol. The standard InChI is InChI=1S/C17H23N5O3/c1-3-22-11-19-21-16(22)10-18-17(23)20-12(2)13-5-6-14-15(9-13)25-8-4-7-24-14/h5-6,9,11-12H,3-4,7-8,10H2,1-2H3,(H2,18,20,23)/t12-/m1/s1. The predicted octanol–water partition coefficient (Wildman–Crippen LogP) is 2.02. The second-order valence-corrected chi connectivity index (χ2v) is 5.84. The Hall–Kier alpha value is -2.77. The highest BCUT2D eigenvalue weighted by molar-refractivity contribution is 5.74. The molecule has 1 aromatic heterocycles. The molecule has 0 aliphatic carbocycles. The quantitative estimate of drug-likeness (QED) is 0.865.